The third-order valence-electron chi connectivity index (χ3n) is 8.17. The van der Waals surface area contributed by atoms with E-state index < -0.39 is 21.7 Å². The highest BCUT2D eigenvalue weighted by molar-refractivity contribution is 8.24. The van der Waals surface area contributed by atoms with Gasteiger partial charge in [-0.25, -0.2) is 0 Å². The van der Waals surface area contributed by atoms with E-state index in [9.17, 15) is 15.2 Å². The molecule has 1 rings (SSSR count). The SMILES string of the molecule is CC(C)BC(C)(C)C(C)(CC(C)C(C)(C)C(C)(C#N)SC(=S)c1ccccc1)C(=O)NCC(C)O. The Morgan fingerprint density at radius 2 is 1.66 bits per heavy atom. The molecule has 2 N–H and O–H groups in total. The molecule has 194 valence electrons. The van der Waals surface area contributed by atoms with E-state index in [-0.39, 0.29) is 23.7 Å². The first-order chi connectivity index (χ1) is 15.9. The number of amides is 1. The van der Waals surface area contributed by atoms with E-state index in [1.165, 1.54) is 11.8 Å². The number of nitrogens with one attached hydrogen (secondary N) is 1. The van der Waals surface area contributed by atoms with Gasteiger partial charge in [0.25, 0.3) is 0 Å². The lowest BCUT2D eigenvalue weighted by molar-refractivity contribution is -0.134. The predicted molar refractivity (Wildman–Crippen MR) is 156 cm³/mol. The van der Waals surface area contributed by atoms with Gasteiger partial charge in [-0.1, -0.05) is 116 Å². The summed E-state index contributed by atoms with van der Waals surface area (Å²) in [5, 5.41) is 22.8. The zero-order chi connectivity index (χ0) is 27.2. The molecule has 0 aliphatic heterocycles. The highest BCUT2D eigenvalue weighted by atomic mass is 32.2. The highest BCUT2D eigenvalue weighted by Gasteiger charge is 2.53. The summed E-state index contributed by atoms with van der Waals surface area (Å²) in [6.45, 7) is 21.0. The molecule has 0 aliphatic carbocycles. The molecule has 35 heavy (non-hydrogen) atoms. The van der Waals surface area contributed by atoms with E-state index in [0.29, 0.717) is 16.4 Å². The van der Waals surface area contributed by atoms with E-state index in [0.717, 1.165) is 12.8 Å². The number of benzene rings is 1. The lowest BCUT2D eigenvalue weighted by Gasteiger charge is -2.50. The number of hydrogen-bond acceptors (Lipinski definition) is 5. The summed E-state index contributed by atoms with van der Waals surface area (Å²) in [6, 6.07) is 12.4. The van der Waals surface area contributed by atoms with Crippen molar-refractivity contribution in [2.75, 3.05) is 6.54 Å². The Bertz CT molecular complexity index is 911. The fourth-order valence-electron chi connectivity index (χ4n) is 4.81. The molecule has 0 fully saturated rings. The van der Waals surface area contributed by atoms with Crippen LogP contribution in [0, 0.1) is 28.1 Å². The number of thioether (sulfide) groups is 1. The van der Waals surface area contributed by atoms with Crippen LogP contribution < -0.4 is 5.32 Å². The zero-order valence-corrected chi connectivity index (χ0v) is 25.0. The third kappa shape index (κ3) is 7.57. The van der Waals surface area contributed by atoms with Crippen LogP contribution in [0.2, 0.25) is 11.1 Å². The van der Waals surface area contributed by atoms with Gasteiger partial charge >= 0.3 is 0 Å². The fraction of sp³-hybridized carbons (Fsp3) is 0.679. The number of nitrogens with zero attached hydrogens (tertiary/aromatic N) is 1. The third-order valence-corrected chi connectivity index (χ3v) is 10.1. The smallest absolute Gasteiger partial charge is 0.225 e. The van der Waals surface area contributed by atoms with Gasteiger partial charge in [0.15, 0.2) is 0 Å². The molecule has 0 aliphatic rings. The average Bonchev–Trinajstić information content (AvgIpc) is 2.76. The zero-order valence-electron chi connectivity index (χ0n) is 23.4. The Morgan fingerprint density at radius 3 is 2.11 bits per heavy atom. The van der Waals surface area contributed by atoms with Crippen molar-refractivity contribution >= 4 is 41.4 Å². The van der Waals surface area contributed by atoms with E-state index in [1.807, 2.05) is 44.2 Å². The van der Waals surface area contributed by atoms with Crippen LogP contribution in [0.4, 0.5) is 0 Å². The summed E-state index contributed by atoms with van der Waals surface area (Å²) in [6.07, 6.45) is 0.00365. The Kier molecular flexibility index (Phi) is 11.1. The van der Waals surface area contributed by atoms with Gasteiger partial charge < -0.3 is 10.4 Å². The molecule has 7 heteroatoms. The maximum absolute atomic E-state index is 13.6. The standard InChI is InChI=1S/C28H45BN2O2S2/c1-19(2)29-26(7,8)27(9,24(33)31-17-21(4)32)16-20(3)25(5,6)28(10,18-30)35-23(34)22-14-12-11-13-15-22/h11-15,19-21,29,32H,16-17H2,1-10H3,(H,31,33). The first-order valence-electron chi connectivity index (χ1n) is 12.6. The Morgan fingerprint density at radius 1 is 1.11 bits per heavy atom. The molecule has 4 atom stereocenters. The van der Waals surface area contributed by atoms with Crippen LogP contribution in [0.5, 0.6) is 0 Å². The summed E-state index contributed by atoms with van der Waals surface area (Å²) in [7, 11) is 0.890. The molecule has 1 aromatic carbocycles. The molecular formula is C28H45BN2O2S2. The number of aliphatic hydroxyl groups excluding tert-OH is 1. The van der Waals surface area contributed by atoms with Crippen LogP contribution in [-0.2, 0) is 4.79 Å². The Labute approximate surface area is 224 Å². The lowest BCUT2D eigenvalue weighted by Crippen LogP contribution is -2.52. The van der Waals surface area contributed by atoms with Gasteiger partial charge in [0.05, 0.1) is 16.4 Å². The lowest BCUT2D eigenvalue weighted by atomic mass is 9.38. The Hall–Kier alpha value is -1.36. The topological polar surface area (TPSA) is 73.1 Å². The van der Waals surface area contributed by atoms with Gasteiger partial charge in [-0.15, -0.1) is 0 Å². The van der Waals surface area contributed by atoms with Crippen molar-refractivity contribution in [1.82, 2.24) is 5.32 Å². The second kappa shape index (κ2) is 12.3. The molecule has 0 aromatic heterocycles. The van der Waals surface area contributed by atoms with Gasteiger partial charge in [0.1, 0.15) is 12.0 Å². The number of nitriles is 1. The maximum Gasteiger partial charge on any atom is 0.225 e. The quantitative estimate of drug-likeness (QED) is 0.249. The summed E-state index contributed by atoms with van der Waals surface area (Å²) in [4.78, 5) is 13.6. The van der Waals surface area contributed by atoms with Gasteiger partial charge in [0.2, 0.25) is 5.91 Å². The summed E-state index contributed by atoms with van der Waals surface area (Å²) >= 11 is 7.17. The predicted octanol–water partition coefficient (Wildman–Crippen LogP) is 6.40. The molecule has 0 saturated carbocycles. The van der Waals surface area contributed by atoms with Crippen molar-refractivity contribution in [2.45, 2.75) is 97.6 Å². The second-order valence-corrected chi connectivity index (χ2v) is 14.2. The fourth-order valence-corrected chi connectivity index (χ4v) is 6.58. The highest BCUT2D eigenvalue weighted by Crippen LogP contribution is 2.56. The monoisotopic (exact) mass is 516 g/mol. The van der Waals surface area contributed by atoms with Crippen molar-refractivity contribution in [3.63, 3.8) is 0 Å². The average molecular weight is 517 g/mol. The van der Waals surface area contributed by atoms with Crippen LogP contribution >= 0.6 is 24.0 Å². The first-order valence-corrected chi connectivity index (χ1v) is 13.8. The minimum Gasteiger partial charge on any atom is -0.392 e. The molecule has 0 spiro atoms. The van der Waals surface area contributed by atoms with E-state index in [2.05, 4.69) is 59.9 Å². The second-order valence-electron chi connectivity index (χ2n) is 12.1. The van der Waals surface area contributed by atoms with E-state index in [4.69, 9.17) is 12.2 Å². The number of carbonyl (C=O) groups is 1. The van der Waals surface area contributed by atoms with Gasteiger partial charge in [-0.2, -0.15) is 5.26 Å². The van der Waals surface area contributed by atoms with Crippen molar-refractivity contribution in [2.24, 2.45) is 16.7 Å². The normalized spacial score (nSPS) is 17.5. The molecule has 0 radical (unpaired) electrons. The van der Waals surface area contributed by atoms with Crippen molar-refractivity contribution < 1.29 is 9.90 Å². The van der Waals surface area contributed by atoms with Gasteiger partial charge in [-0.05, 0) is 42.5 Å². The first kappa shape index (κ1) is 31.7. The molecular weight excluding hydrogens is 471 g/mol. The van der Waals surface area contributed by atoms with Crippen molar-refractivity contribution in [3.05, 3.63) is 35.9 Å². The number of hydrogen-bond donors (Lipinski definition) is 2. The molecule has 1 aromatic rings. The minimum atomic E-state index is -0.793. The number of rotatable bonds is 12. The van der Waals surface area contributed by atoms with Gasteiger partial charge in [0, 0.05) is 12.0 Å². The summed E-state index contributed by atoms with van der Waals surface area (Å²) < 4.78 is -0.0917. The van der Waals surface area contributed by atoms with Crippen LogP contribution in [0.1, 0.15) is 81.2 Å². The number of thiocarbonyl (C=S) groups is 1. The van der Waals surface area contributed by atoms with Crippen LogP contribution in [0.25, 0.3) is 0 Å². The van der Waals surface area contributed by atoms with Crippen molar-refractivity contribution in [3.8, 4) is 6.07 Å². The minimum absolute atomic E-state index is 0.0342. The Balaban J connectivity index is 3.34. The molecule has 0 saturated heterocycles. The molecule has 0 bridgehead atoms. The van der Waals surface area contributed by atoms with Gasteiger partial charge in [-0.3, -0.25) is 4.79 Å². The summed E-state index contributed by atoms with van der Waals surface area (Å²) in [5.41, 5.74) is -0.202. The molecule has 4 nitrogen and oxygen atoms in total. The molecule has 4 unspecified atom stereocenters. The van der Waals surface area contributed by atoms with E-state index in [1.54, 1.807) is 6.92 Å². The van der Waals surface area contributed by atoms with Crippen molar-refractivity contribution in [1.29, 1.82) is 5.26 Å². The van der Waals surface area contributed by atoms with Crippen LogP contribution in [0.3, 0.4) is 0 Å². The summed E-state index contributed by atoms with van der Waals surface area (Å²) in [5.74, 6) is 0.421. The number of aliphatic hydroxyl groups is 1. The maximum atomic E-state index is 13.6. The van der Waals surface area contributed by atoms with E-state index >= 15 is 0 Å². The number of carbonyl (C=O) groups excluding carboxylic acids is 1. The molecule has 0 heterocycles. The van der Waals surface area contributed by atoms with Crippen LogP contribution in [-0.4, -0.2) is 39.9 Å². The molecule has 1 amide bonds. The largest absolute Gasteiger partial charge is 0.392 e. The van der Waals surface area contributed by atoms with Crippen LogP contribution in [0.15, 0.2) is 30.3 Å².